The number of hydrogen-bond acceptors (Lipinski definition) is 4. The Morgan fingerprint density at radius 1 is 1.35 bits per heavy atom. The SMILES string of the molecule is CCN1CCCC1CNC(N)=NCc1ccc(OCCCN(C)C)cc1. The molecule has 6 heteroatoms. The molecule has 0 saturated carbocycles. The van der Waals surface area contributed by atoms with Crippen molar-refractivity contribution in [1.29, 1.82) is 0 Å². The Hall–Kier alpha value is -1.79. The van der Waals surface area contributed by atoms with Crippen LogP contribution in [0.15, 0.2) is 29.3 Å². The third-order valence-corrected chi connectivity index (χ3v) is 4.80. The Balaban J connectivity index is 1.69. The summed E-state index contributed by atoms with van der Waals surface area (Å²) in [7, 11) is 4.15. The van der Waals surface area contributed by atoms with Gasteiger partial charge in [-0.3, -0.25) is 4.90 Å². The molecule has 1 saturated heterocycles. The van der Waals surface area contributed by atoms with Gasteiger partial charge in [-0.2, -0.15) is 0 Å². The molecule has 146 valence electrons. The van der Waals surface area contributed by atoms with Crippen LogP contribution < -0.4 is 15.8 Å². The maximum absolute atomic E-state index is 6.01. The van der Waals surface area contributed by atoms with Gasteiger partial charge < -0.3 is 20.7 Å². The second-order valence-corrected chi connectivity index (χ2v) is 7.16. The first-order valence-electron chi connectivity index (χ1n) is 9.72. The van der Waals surface area contributed by atoms with Gasteiger partial charge in [-0.1, -0.05) is 19.1 Å². The Morgan fingerprint density at radius 3 is 2.81 bits per heavy atom. The van der Waals surface area contributed by atoms with Gasteiger partial charge in [0.2, 0.25) is 0 Å². The highest BCUT2D eigenvalue weighted by atomic mass is 16.5. The number of hydrogen-bond donors (Lipinski definition) is 2. The summed E-state index contributed by atoms with van der Waals surface area (Å²) in [5, 5.41) is 3.27. The van der Waals surface area contributed by atoms with Crippen LogP contribution in [0.5, 0.6) is 5.75 Å². The van der Waals surface area contributed by atoms with E-state index in [9.17, 15) is 0 Å². The van der Waals surface area contributed by atoms with Crippen LogP contribution >= 0.6 is 0 Å². The van der Waals surface area contributed by atoms with Gasteiger partial charge >= 0.3 is 0 Å². The van der Waals surface area contributed by atoms with Crippen molar-refractivity contribution >= 4 is 5.96 Å². The fourth-order valence-corrected chi connectivity index (χ4v) is 3.26. The van der Waals surface area contributed by atoms with E-state index in [1.165, 1.54) is 19.4 Å². The van der Waals surface area contributed by atoms with Gasteiger partial charge in [0.05, 0.1) is 13.2 Å². The first kappa shape index (κ1) is 20.5. The summed E-state index contributed by atoms with van der Waals surface area (Å²) in [4.78, 5) is 9.11. The average Bonchev–Trinajstić information content (AvgIpc) is 3.10. The van der Waals surface area contributed by atoms with Crippen LogP contribution in [0.3, 0.4) is 0 Å². The molecule has 6 nitrogen and oxygen atoms in total. The number of rotatable bonds is 10. The van der Waals surface area contributed by atoms with Crippen molar-refractivity contribution in [3.63, 3.8) is 0 Å². The minimum absolute atomic E-state index is 0.525. The van der Waals surface area contributed by atoms with Gasteiger partial charge in [0.1, 0.15) is 5.75 Å². The summed E-state index contributed by atoms with van der Waals surface area (Å²) >= 11 is 0. The first-order chi connectivity index (χ1) is 12.6. The maximum Gasteiger partial charge on any atom is 0.188 e. The van der Waals surface area contributed by atoms with Crippen LogP contribution in [0.25, 0.3) is 0 Å². The molecule has 1 aromatic rings. The predicted molar refractivity (Wildman–Crippen MR) is 109 cm³/mol. The summed E-state index contributed by atoms with van der Waals surface area (Å²) in [6, 6.07) is 8.68. The number of aliphatic imine (C=N–C) groups is 1. The largest absolute Gasteiger partial charge is 0.494 e. The minimum atomic E-state index is 0.525. The van der Waals surface area contributed by atoms with E-state index >= 15 is 0 Å². The topological polar surface area (TPSA) is 66.1 Å². The molecule has 1 heterocycles. The lowest BCUT2D eigenvalue weighted by molar-refractivity contribution is 0.267. The van der Waals surface area contributed by atoms with Crippen LogP contribution in [-0.2, 0) is 6.54 Å². The quantitative estimate of drug-likeness (QED) is 0.379. The lowest BCUT2D eigenvalue weighted by atomic mass is 10.2. The smallest absolute Gasteiger partial charge is 0.188 e. The third-order valence-electron chi connectivity index (χ3n) is 4.80. The molecule has 1 unspecified atom stereocenters. The van der Waals surface area contributed by atoms with Gasteiger partial charge in [0.25, 0.3) is 0 Å². The molecule has 1 atom stereocenters. The lowest BCUT2D eigenvalue weighted by Crippen LogP contribution is -2.42. The first-order valence-corrected chi connectivity index (χ1v) is 9.72. The predicted octanol–water partition coefficient (Wildman–Crippen LogP) is 1.91. The van der Waals surface area contributed by atoms with Gasteiger partial charge in [-0.25, -0.2) is 4.99 Å². The third kappa shape index (κ3) is 7.22. The summed E-state index contributed by atoms with van der Waals surface area (Å²) in [6.07, 6.45) is 3.54. The molecule has 3 N–H and O–H groups in total. The van der Waals surface area contributed by atoms with Crippen LogP contribution in [0.2, 0.25) is 0 Å². The molecule has 0 radical (unpaired) electrons. The van der Waals surface area contributed by atoms with E-state index < -0.39 is 0 Å². The zero-order valence-corrected chi connectivity index (χ0v) is 16.6. The molecule has 1 aromatic carbocycles. The second kappa shape index (κ2) is 11.0. The molecule has 0 aromatic heterocycles. The van der Waals surface area contributed by atoms with Crippen molar-refractivity contribution in [3.8, 4) is 5.75 Å². The molecule has 2 rings (SSSR count). The summed E-state index contributed by atoms with van der Waals surface area (Å²) in [5.41, 5.74) is 7.14. The molecule has 1 fully saturated rings. The number of guanidine groups is 1. The van der Waals surface area contributed by atoms with Crippen LogP contribution in [-0.4, -0.2) is 68.7 Å². The molecule has 0 bridgehead atoms. The summed E-state index contributed by atoms with van der Waals surface area (Å²) in [6.45, 7) is 7.76. The number of likely N-dealkylation sites (N-methyl/N-ethyl adjacent to an activating group) is 1. The molecule has 26 heavy (non-hydrogen) atoms. The van der Waals surface area contributed by atoms with E-state index in [1.54, 1.807) is 0 Å². The van der Waals surface area contributed by atoms with Crippen molar-refractivity contribution < 1.29 is 4.74 Å². The number of nitrogens with zero attached hydrogens (tertiary/aromatic N) is 3. The minimum Gasteiger partial charge on any atom is -0.494 e. The summed E-state index contributed by atoms with van der Waals surface area (Å²) < 4.78 is 5.75. The normalized spacial score (nSPS) is 18.5. The monoisotopic (exact) mass is 361 g/mol. The van der Waals surface area contributed by atoms with E-state index in [2.05, 4.69) is 41.1 Å². The van der Waals surface area contributed by atoms with E-state index in [0.29, 0.717) is 18.5 Å². The average molecular weight is 362 g/mol. The molecule has 1 aliphatic rings. The van der Waals surface area contributed by atoms with Crippen molar-refractivity contribution in [3.05, 3.63) is 29.8 Å². The zero-order chi connectivity index (χ0) is 18.8. The van der Waals surface area contributed by atoms with E-state index in [0.717, 1.165) is 44.0 Å². The van der Waals surface area contributed by atoms with Crippen LogP contribution in [0, 0.1) is 0 Å². The van der Waals surface area contributed by atoms with Gasteiger partial charge in [-0.15, -0.1) is 0 Å². The fraction of sp³-hybridized carbons (Fsp3) is 0.650. The van der Waals surface area contributed by atoms with Crippen LogP contribution in [0.1, 0.15) is 31.7 Å². The molecule has 0 amide bonds. The fourth-order valence-electron chi connectivity index (χ4n) is 3.26. The highest BCUT2D eigenvalue weighted by Gasteiger charge is 2.22. The number of likely N-dealkylation sites (tertiary alicyclic amines) is 1. The summed E-state index contributed by atoms with van der Waals surface area (Å²) in [5.74, 6) is 1.43. The van der Waals surface area contributed by atoms with Crippen molar-refractivity contribution in [1.82, 2.24) is 15.1 Å². The molecular formula is C20H35N5O. The van der Waals surface area contributed by atoms with E-state index in [4.69, 9.17) is 10.5 Å². The maximum atomic E-state index is 6.01. The zero-order valence-electron chi connectivity index (χ0n) is 16.6. The number of nitrogens with two attached hydrogens (primary N) is 1. The number of ether oxygens (including phenoxy) is 1. The van der Waals surface area contributed by atoms with E-state index in [1.807, 2.05) is 24.3 Å². The Labute approximate surface area is 158 Å². The Kier molecular flexibility index (Phi) is 8.71. The van der Waals surface area contributed by atoms with E-state index in [-0.39, 0.29) is 0 Å². The second-order valence-electron chi connectivity index (χ2n) is 7.16. The Morgan fingerprint density at radius 2 is 2.12 bits per heavy atom. The van der Waals surface area contributed by atoms with Crippen molar-refractivity contribution in [2.75, 3.05) is 46.9 Å². The molecule has 0 spiro atoms. The molecular weight excluding hydrogens is 326 g/mol. The molecule has 1 aliphatic heterocycles. The van der Waals surface area contributed by atoms with Gasteiger partial charge in [0.15, 0.2) is 5.96 Å². The standard InChI is InChI=1S/C20H35N5O/c1-4-25-13-5-7-18(25)16-23-20(21)22-15-17-8-10-19(11-9-17)26-14-6-12-24(2)3/h8-11,18H,4-7,12-16H2,1-3H3,(H3,21,22,23). The van der Waals surface area contributed by atoms with Gasteiger partial charge in [0, 0.05) is 19.1 Å². The lowest BCUT2D eigenvalue weighted by Gasteiger charge is -2.23. The van der Waals surface area contributed by atoms with Crippen molar-refractivity contribution in [2.45, 2.75) is 38.8 Å². The molecule has 0 aliphatic carbocycles. The Bertz CT molecular complexity index is 544. The highest BCUT2D eigenvalue weighted by Crippen LogP contribution is 2.15. The number of benzene rings is 1. The number of nitrogens with one attached hydrogen (secondary N) is 1. The van der Waals surface area contributed by atoms with Crippen molar-refractivity contribution in [2.24, 2.45) is 10.7 Å². The highest BCUT2D eigenvalue weighted by molar-refractivity contribution is 5.77. The van der Waals surface area contributed by atoms with Gasteiger partial charge in [-0.05, 0) is 64.1 Å². The van der Waals surface area contributed by atoms with Crippen LogP contribution in [0.4, 0.5) is 0 Å².